The van der Waals surface area contributed by atoms with Crippen LogP contribution in [0.15, 0.2) is 48.7 Å². The zero-order valence-corrected chi connectivity index (χ0v) is 17.0. The summed E-state index contributed by atoms with van der Waals surface area (Å²) >= 11 is 1.45. The lowest BCUT2D eigenvalue weighted by molar-refractivity contribution is 0.0928. The van der Waals surface area contributed by atoms with E-state index in [1.807, 2.05) is 31.3 Å². The molecular formula is C20H22ClFN4OS. The van der Waals surface area contributed by atoms with E-state index in [-0.39, 0.29) is 36.1 Å². The summed E-state index contributed by atoms with van der Waals surface area (Å²) in [7, 11) is 1.88. The fourth-order valence-electron chi connectivity index (χ4n) is 3.60. The molecule has 0 aliphatic carbocycles. The van der Waals surface area contributed by atoms with Crippen LogP contribution in [0.25, 0.3) is 10.6 Å². The Hall–Kier alpha value is -2.22. The molecule has 4 rings (SSSR count). The summed E-state index contributed by atoms with van der Waals surface area (Å²) in [4.78, 5) is 14.5. The van der Waals surface area contributed by atoms with Crippen molar-refractivity contribution in [2.45, 2.75) is 18.4 Å². The van der Waals surface area contributed by atoms with E-state index < -0.39 is 0 Å². The van der Waals surface area contributed by atoms with Crippen LogP contribution in [0.5, 0.6) is 0 Å². The molecular weight excluding hydrogens is 399 g/mol. The number of nitrogens with one attached hydrogen (secondary N) is 2. The summed E-state index contributed by atoms with van der Waals surface area (Å²) in [6.45, 7) is 1.53. The molecule has 5 nitrogen and oxygen atoms in total. The fourth-order valence-corrected chi connectivity index (χ4v) is 4.56. The Labute approximate surface area is 173 Å². The van der Waals surface area contributed by atoms with Gasteiger partial charge in [-0.3, -0.25) is 9.48 Å². The van der Waals surface area contributed by atoms with Gasteiger partial charge in [0.25, 0.3) is 5.91 Å². The molecule has 1 fully saturated rings. The van der Waals surface area contributed by atoms with E-state index in [1.165, 1.54) is 17.4 Å². The van der Waals surface area contributed by atoms with Gasteiger partial charge in [-0.1, -0.05) is 12.1 Å². The number of aryl methyl sites for hydroxylation is 1. The molecule has 0 unspecified atom stereocenters. The molecule has 3 heterocycles. The maximum absolute atomic E-state index is 13.6. The van der Waals surface area contributed by atoms with Gasteiger partial charge < -0.3 is 10.6 Å². The summed E-state index contributed by atoms with van der Waals surface area (Å²) in [6.07, 6.45) is 2.60. The van der Waals surface area contributed by atoms with Gasteiger partial charge in [0.15, 0.2) is 0 Å². The number of carbonyl (C=O) groups is 1. The van der Waals surface area contributed by atoms with Crippen LogP contribution < -0.4 is 10.6 Å². The first kappa shape index (κ1) is 20.5. The van der Waals surface area contributed by atoms with E-state index in [1.54, 1.807) is 23.0 Å². The summed E-state index contributed by atoms with van der Waals surface area (Å²) in [5.74, 6) is -0.235. The van der Waals surface area contributed by atoms with Crippen LogP contribution in [0, 0.1) is 5.82 Å². The minimum Gasteiger partial charge on any atom is -0.347 e. The number of hydrogen-bond acceptors (Lipinski definition) is 4. The van der Waals surface area contributed by atoms with Crippen LogP contribution >= 0.6 is 23.7 Å². The molecule has 0 bridgehead atoms. The van der Waals surface area contributed by atoms with E-state index in [2.05, 4.69) is 15.7 Å². The highest BCUT2D eigenvalue weighted by Gasteiger charge is 2.28. The third-order valence-electron chi connectivity index (χ3n) is 4.98. The van der Waals surface area contributed by atoms with Crippen LogP contribution in [0.3, 0.4) is 0 Å². The Morgan fingerprint density at radius 1 is 1.32 bits per heavy atom. The summed E-state index contributed by atoms with van der Waals surface area (Å²) < 4.78 is 15.4. The zero-order valence-electron chi connectivity index (χ0n) is 15.4. The molecule has 0 saturated carbocycles. The number of amides is 1. The van der Waals surface area contributed by atoms with Gasteiger partial charge >= 0.3 is 0 Å². The molecule has 0 spiro atoms. The van der Waals surface area contributed by atoms with Crippen molar-refractivity contribution in [2.75, 3.05) is 13.1 Å². The number of aromatic nitrogens is 2. The minimum atomic E-state index is -0.241. The number of hydrogen-bond donors (Lipinski definition) is 2. The van der Waals surface area contributed by atoms with Crippen LogP contribution in [0.1, 0.15) is 27.6 Å². The molecule has 1 amide bonds. The lowest BCUT2D eigenvalue weighted by atomic mass is 9.86. The Balaban J connectivity index is 0.00000225. The van der Waals surface area contributed by atoms with Crippen molar-refractivity contribution < 1.29 is 9.18 Å². The van der Waals surface area contributed by atoms with Crippen LogP contribution in [-0.4, -0.2) is 34.8 Å². The van der Waals surface area contributed by atoms with Gasteiger partial charge in [-0.05, 0) is 48.9 Å². The van der Waals surface area contributed by atoms with Crippen molar-refractivity contribution in [3.05, 3.63) is 64.9 Å². The number of rotatable bonds is 4. The maximum atomic E-state index is 13.6. The van der Waals surface area contributed by atoms with Gasteiger partial charge in [0.05, 0.1) is 15.4 Å². The molecule has 8 heteroatoms. The maximum Gasteiger partial charge on any atom is 0.261 e. The minimum absolute atomic E-state index is 0. The van der Waals surface area contributed by atoms with Crippen molar-refractivity contribution in [3.63, 3.8) is 0 Å². The summed E-state index contributed by atoms with van der Waals surface area (Å²) in [5, 5.41) is 10.6. The smallest absolute Gasteiger partial charge is 0.261 e. The molecule has 0 radical (unpaired) electrons. The Morgan fingerprint density at radius 2 is 2.18 bits per heavy atom. The average molecular weight is 421 g/mol. The van der Waals surface area contributed by atoms with E-state index >= 15 is 0 Å². The topological polar surface area (TPSA) is 59.0 Å². The lowest BCUT2D eigenvalue weighted by Gasteiger charge is -2.33. The molecule has 2 N–H and O–H groups in total. The van der Waals surface area contributed by atoms with Gasteiger partial charge in [0.2, 0.25) is 0 Å². The molecule has 2 atom stereocenters. The predicted octanol–water partition coefficient (Wildman–Crippen LogP) is 3.59. The SMILES string of the molecule is Cl.Cn1nccc1-c1ccc(C(=O)N[C@@H]2CNCC[C@H]2c2cccc(F)c2)s1. The second-order valence-electron chi connectivity index (χ2n) is 6.74. The predicted molar refractivity (Wildman–Crippen MR) is 112 cm³/mol. The van der Waals surface area contributed by atoms with E-state index in [9.17, 15) is 9.18 Å². The lowest BCUT2D eigenvalue weighted by Crippen LogP contribution is -2.49. The van der Waals surface area contributed by atoms with Gasteiger partial charge in [-0.15, -0.1) is 23.7 Å². The highest BCUT2D eigenvalue weighted by molar-refractivity contribution is 7.17. The van der Waals surface area contributed by atoms with Crippen molar-refractivity contribution in [2.24, 2.45) is 7.05 Å². The molecule has 148 valence electrons. The first-order valence-electron chi connectivity index (χ1n) is 8.97. The van der Waals surface area contributed by atoms with Crippen molar-refractivity contribution in [3.8, 4) is 10.6 Å². The third-order valence-corrected chi connectivity index (χ3v) is 6.09. The molecule has 1 aliphatic heterocycles. The van der Waals surface area contributed by atoms with Crippen LogP contribution in [0.2, 0.25) is 0 Å². The molecule has 2 aromatic heterocycles. The van der Waals surface area contributed by atoms with Crippen LogP contribution in [0.4, 0.5) is 4.39 Å². The summed E-state index contributed by atoms with van der Waals surface area (Å²) in [5.41, 5.74) is 1.92. The van der Waals surface area contributed by atoms with Crippen molar-refractivity contribution in [1.29, 1.82) is 0 Å². The van der Waals surface area contributed by atoms with Crippen molar-refractivity contribution >= 4 is 29.7 Å². The number of thiophene rings is 1. The van der Waals surface area contributed by atoms with Gasteiger partial charge in [0.1, 0.15) is 5.82 Å². The quantitative estimate of drug-likeness (QED) is 0.678. The number of nitrogens with zero attached hydrogens (tertiary/aromatic N) is 2. The highest BCUT2D eigenvalue weighted by atomic mass is 35.5. The molecule has 28 heavy (non-hydrogen) atoms. The van der Waals surface area contributed by atoms with E-state index in [4.69, 9.17) is 0 Å². The van der Waals surface area contributed by atoms with Gasteiger partial charge in [0, 0.05) is 31.7 Å². The molecule has 3 aromatic rings. The van der Waals surface area contributed by atoms with Gasteiger partial charge in [-0.25, -0.2) is 4.39 Å². The first-order chi connectivity index (χ1) is 13.1. The number of halogens is 2. The number of benzene rings is 1. The molecule has 1 aromatic carbocycles. The Morgan fingerprint density at radius 3 is 2.93 bits per heavy atom. The largest absolute Gasteiger partial charge is 0.347 e. The Bertz CT molecular complexity index is 957. The Kier molecular flexibility index (Phi) is 6.49. The molecule has 1 saturated heterocycles. The first-order valence-corrected chi connectivity index (χ1v) is 9.79. The van der Waals surface area contributed by atoms with Gasteiger partial charge in [-0.2, -0.15) is 5.10 Å². The third kappa shape index (κ3) is 4.27. The summed E-state index contributed by atoms with van der Waals surface area (Å²) in [6, 6.07) is 12.3. The standard InChI is InChI=1S/C20H21FN4OS.ClH/c1-25-17(8-10-23-25)18-5-6-19(27-18)20(26)24-16-12-22-9-7-15(16)13-3-2-4-14(21)11-13;/h2-6,8,10-11,15-16,22H,7,9,12H2,1H3,(H,24,26);1H/t15-,16+;/m0./s1. The van der Waals surface area contributed by atoms with Crippen LogP contribution in [-0.2, 0) is 7.05 Å². The average Bonchev–Trinajstić information content (AvgIpc) is 3.31. The fraction of sp³-hybridized carbons (Fsp3) is 0.300. The second kappa shape index (κ2) is 8.86. The number of carbonyl (C=O) groups excluding carboxylic acids is 1. The van der Waals surface area contributed by atoms with Crippen molar-refractivity contribution in [1.82, 2.24) is 20.4 Å². The number of piperidine rings is 1. The second-order valence-corrected chi connectivity index (χ2v) is 7.82. The zero-order chi connectivity index (χ0) is 18.8. The molecule has 1 aliphatic rings. The van der Waals surface area contributed by atoms with E-state index in [0.717, 1.165) is 29.1 Å². The van der Waals surface area contributed by atoms with E-state index in [0.29, 0.717) is 11.4 Å². The normalized spacial score (nSPS) is 19.1. The highest BCUT2D eigenvalue weighted by Crippen LogP contribution is 2.29. The monoisotopic (exact) mass is 420 g/mol.